The average Bonchev–Trinajstić information content (AvgIpc) is 3.51. The van der Waals surface area contributed by atoms with Crippen molar-refractivity contribution in [1.29, 1.82) is 0 Å². The second-order valence-corrected chi connectivity index (χ2v) is 8.74. The van der Waals surface area contributed by atoms with Gasteiger partial charge >= 0.3 is 0 Å². The Labute approximate surface area is 180 Å². The maximum absolute atomic E-state index is 13.2. The van der Waals surface area contributed by atoms with Crippen LogP contribution < -0.4 is 5.32 Å². The number of unbranched alkanes of at least 4 members (excludes halogenated alkanes) is 1. The van der Waals surface area contributed by atoms with Crippen LogP contribution in [0.3, 0.4) is 0 Å². The highest BCUT2D eigenvalue weighted by Crippen LogP contribution is 2.48. The average molecular weight is 411 g/mol. The summed E-state index contributed by atoms with van der Waals surface area (Å²) in [6.07, 6.45) is 13.1. The van der Waals surface area contributed by atoms with Crippen LogP contribution in [0.1, 0.15) is 75.3 Å². The molecule has 1 aliphatic rings. The molecule has 30 heavy (non-hydrogen) atoms. The van der Waals surface area contributed by atoms with Gasteiger partial charge in [0.1, 0.15) is 5.82 Å². The molecule has 0 radical (unpaired) electrons. The van der Waals surface area contributed by atoms with Crippen molar-refractivity contribution in [3.8, 4) is 0 Å². The second-order valence-electron chi connectivity index (χ2n) is 8.74. The fraction of sp³-hybridized carbons (Fsp3) is 0.538. The van der Waals surface area contributed by atoms with E-state index in [1.807, 2.05) is 24.4 Å². The number of hydrogen-bond acceptors (Lipinski definition) is 2. The summed E-state index contributed by atoms with van der Waals surface area (Å²) in [4.78, 5) is 16.3. The minimum absolute atomic E-state index is 0.165. The summed E-state index contributed by atoms with van der Waals surface area (Å²) in [5.74, 6) is 1.94. The minimum atomic E-state index is -0.165. The predicted molar refractivity (Wildman–Crippen MR) is 120 cm³/mol. The molecule has 1 aromatic carbocycles. The number of carbonyl (C=O) groups is 1. The van der Waals surface area contributed by atoms with Gasteiger partial charge < -0.3 is 5.32 Å². The summed E-state index contributed by atoms with van der Waals surface area (Å²) in [6, 6.07) is 11.1. The van der Waals surface area contributed by atoms with Gasteiger partial charge in [-0.15, -0.1) is 0 Å². The molecule has 3 nitrogen and oxygen atoms in total. The maximum Gasteiger partial charge on any atom is 0.220 e. The number of aromatic nitrogens is 1. The molecule has 1 saturated carbocycles. The van der Waals surface area contributed by atoms with Gasteiger partial charge in [-0.1, -0.05) is 31.5 Å². The Balaban J connectivity index is 1.28. The van der Waals surface area contributed by atoms with Gasteiger partial charge in [-0.2, -0.15) is 0 Å². The first-order valence-corrected chi connectivity index (χ1v) is 11.6. The highest BCUT2D eigenvalue weighted by molar-refractivity contribution is 5.75. The largest absolute Gasteiger partial charge is 0.356 e. The lowest BCUT2D eigenvalue weighted by Crippen LogP contribution is -2.24. The van der Waals surface area contributed by atoms with Crippen LogP contribution in [-0.4, -0.2) is 17.4 Å². The standard InChI is InChI=1S/C26H35FN2O/c1-2-6-22(21-9-12-25(27)13-10-21)17-24-18-23(24)11-14-26(30)29-16-4-3-7-20-8-5-15-28-19-20/h5,8-10,12-13,15,19,22-24H,2-4,6-7,11,14,16-18H2,1H3,(H,29,30). The van der Waals surface area contributed by atoms with Gasteiger partial charge in [0, 0.05) is 25.4 Å². The quantitative estimate of drug-likeness (QED) is 0.408. The van der Waals surface area contributed by atoms with E-state index in [1.165, 1.54) is 24.0 Å². The predicted octanol–water partition coefficient (Wildman–Crippen LogP) is 6.05. The molecule has 1 amide bonds. The molecule has 0 saturated heterocycles. The van der Waals surface area contributed by atoms with Crippen LogP contribution in [0.5, 0.6) is 0 Å². The summed E-state index contributed by atoms with van der Waals surface area (Å²) >= 11 is 0. The topological polar surface area (TPSA) is 42.0 Å². The Kier molecular flexibility index (Phi) is 8.85. The van der Waals surface area contributed by atoms with E-state index in [-0.39, 0.29) is 11.7 Å². The molecule has 0 aliphatic heterocycles. The lowest BCUT2D eigenvalue weighted by atomic mass is 9.89. The second kappa shape index (κ2) is 11.8. The number of hydrogen-bond donors (Lipinski definition) is 1. The first-order valence-electron chi connectivity index (χ1n) is 11.6. The van der Waals surface area contributed by atoms with Crippen LogP contribution in [0, 0.1) is 17.7 Å². The number of nitrogens with zero attached hydrogens (tertiary/aromatic N) is 1. The molecule has 4 heteroatoms. The summed E-state index contributed by atoms with van der Waals surface area (Å²) in [5.41, 5.74) is 2.51. The Hall–Kier alpha value is -2.23. The van der Waals surface area contributed by atoms with E-state index in [0.717, 1.165) is 51.0 Å². The number of nitrogens with one attached hydrogen (secondary N) is 1. The van der Waals surface area contributed by atoms with Gasteiger partial charge in [-0.05, 0) is 92.0 Å². The van der Waals surface area contributed by atoms with E-state index < -0.39 is 0 Å². The third-order valence-electron chi connectivity index (χ3n) is 6.31. The molecule has 1 aromatic heterocycles. The summed E-state index contributed by atoms with van der Waals surface area (Å²) < 4.78 is 13.2. The van der Waals surface area contributed by atoms with Crippen molar-refractivity contribution in [3.05, 3.63) is 65.7 Å². The van der Waals surface area contributed by atoms with Gasteiger partial charge in [0.05, 0.1) is 0 Å². The lowest BCUT2D eigenvalue weighted by Gasteiger charge is -2.16. The summed E-state index contributed by atoms with van der Waals surface area (Å²) in [6.45, 7) is 2.97. The van der Waals surface area contributed by atoms with E-state index in [2.05, 4.69) is 23.3 Å². The van der Waals surface area contributed by atoms with Crippen molar-refractivity contribution in [2.45, 2.75) is 70.6 Å². The fourth-order valence-corrected chi connectivity index (χ4v) is 4.45. The van der Waals surface area contributed by atoms with E-state index >= 15 is 0 Å². The number of aryl methyl sites for hydroxylation is 1. The molecule has 0 spiro atoms. The highest BCUT2D eigenvalue weighted by atomic mass is 19.1. The van der Waals surface area contributed by atoms with Gasteiger partial charge in [-0.25, -0.2) is 4.39 Å². The van der Waals surface area contributed by atoms with E-state index in [9.17, 15) is 9.18 Å². The van der Waals surface area contributed by atoms with Crippen LogP contribution in [0.15, 0.2) is 48.8 Å². The number of rotatable bonds is 13. The molecule has 1 heterocycles. The zero-order valence-electron chi connectivity index (χ0n) is 18.2. The molecule has 1 aliphatic carbocycles. The van der Waals surface area contributed by atoms with Crippen molar-refractivity contribution in [3.63, 3.8) is 0 Å². The molecule has 3 rings (SSSR count). The van der Waals surface area contributed by atoms with Crippen molar-refractivity contribution >= 4 is 5.91 Å². The normalized spacial score (nSPS) is 18.7. The van der Waals surface area contributed by atoms with Gasteiger partial charge in [0.2, 0.25) is 5.91 Å². The van der Waals surface area contributed by atoms with Crippen molar-refractivity contribution < 1.29 is 9.18 Å². The zero-order valence-corrected chi connectivity index (χ0v) is 18.2. The highest BCUT2D eigenvalue weighted by Gasteiger charge is 2.38. The molecule has 162 valence electrons. The van der Waals surface area contributed by atoms with Gasteiger partial charge in [0.15, 0.2) is 0 Å². The smallest absolute Gasteiger partial charge is 0.220 e. The third kappa shape index (κ3) is 7.55. The Morgan fingerprint density at radius 1 is 1.20 bits per heavy atom. The molecule has 3 atom stereocenters. The number of carbonyl (C=O) groups excluding carboxylic acids is 1. The van der Waals surface area contributed by atoms with Crippen molar-refractivity contribution in [2.75, 3.05) is 6.54 Å². The maximum atomic E-state index is 13.2. The lowest BCUT2D eigenvalue weighted by molar-refractivity contribution is -0.121. The van der Waals surface area contributed by atoms with Crippen LogP contribution in [0.2, 0.25) is 0 Å². The molecular weight excluding hydrogens is 375 g/mol. The van der Waals surface area contributed by atoms with Crippen molar-refractivity contribution in [2.24, 2.45) is 11.8 Å². The summed E-state index contributed by atoms with van der Waals surface area (Å²) in [5, 5.41) is 3.07. The monoisotopic (exact) mass is 410 g/mol. The van der Waals surface area contributed by atoms with E-state index in [4.69, 9.17) is 0 Å². The number of benzene rings is 1. The fourth-order valence-electron chi connectivity index (χ4n) is 4.45. The summed E-state index contributed by atoms with van der Waals surface area (Å²) in [7, 11) is 0. The zero-order chi connectivity index (χ0) is 21.2. The molecule has 1 N–H and O–H groups in total. The van der Waals surface area contributed by atoms with E-state index in [0.29, 0.717) is 18.3 Å². The number of amides is 1. The Morgan fingerprint density at radius 3 is 2.77 bits per heavy atom. The SMILES string of the molecule is CCCC(CC1CC1CCC(=O)NCCCCc1cccnc1)c1ccc(F)cc1. The van der Waals surface area contributed by atoms with Crippen LogP contribution in [0.25, 0.3) is 0 Å². The van der Waals surface area contributed by atoms with Gasteiger partial charge in [0.25, 0.3) is 0 Å². The molecule has 0 bridgehead atoms. The first-order chi connectivity index (χ1) is 14.7. The number of halogens is 1. The third-order valence-corrected chi connectivity index (χ3v) is 6.31. The van der Waals surface area contributed by atoms with Crippen LogP contribution >= 0.6 is 0 Å². The van der Waals surface area contributed by atoms with Crippen LogP contribution in [0.4, 0.5) is 4.39 Å². The first kappa shape index (κ1) is 22.5. The molecular formula is C26H35FN2O. The Morgan fingerprint density at radius 2 is 2.03 bits per heavy atom. The molecule has 2 aromatic rings. The van der Waals surface area contributed by atoms with Gasteiger partial charge in [-0.3, -0.25) is 9.78 Å². The number of pyridine rings is 1. The molecule has 3 unspecified atom stereocenters. The minimum Gasteiger partial charge on any atom is -0.356 e. The molecule has 1 fully saturated rings. The van der Waals surface area contributed by atoms with Crippen molar-refractivity contribution in [1.82, 2.24) is 10.3 Å². The Bertz CT molecular complexity index is 762. The van der Waals surface area contributed by atoms with Crippen LogP contribution in [-0.2, 0) is 11.2 Å². The van der Waals surface area contributed by atoms with E-state index in [1.54, 1.807) is 18.3 Å².